The number of piperidine rings is 1. The molecule has 1 atom stereocenters. The third-order valence-corrected chi connectivity index (χ3v) is 5.65. The highest BCUT2D eigenvalue weighted by molar-refractivity contribution is 5.97. The lowest BCUT2D eigenvalue weighted by atomic mass is 9.98. The molecule has 0 spiro atoms. The van der Waals surface area contributed by atoms with Crippen molar-refractivity contribution in [3.63, 3.8) is 0 Å². The summed E-state index contributed by atoms with van der Waals surface area (Å²) < 4.78 is 11.8. The van der Waals surface area contributed by atoms with Crippen LogP contribution in [0.5, 0.6) is 5.75 Å². The number of nitrogens with zero attached hydrogens (tertiary/aromatic N) is 1. The van der Waals surface area contributed by atoms with Crippen molar-refractivity contribution in [3.05, 3.63) is 24.3 Å². The maximum absolute atomic E-state index is 12.8. The van der Waals surface area contributed by atoms with Gasteiger partial charge in [0.05, 0.1) is 0 Å². The summed E-state index contributed by atoms with van der Waals surface area (Å²) in [5.41, 5.74) is 0.0648. The topological polar surface area (TPSA) is 50.8 Å². The molecule has 1 amide bonds. The smallest absolute Gasteiger partial charge is 0.256 e. The van der Waals surface area contributed by atoms with E-state index in [1.165, 1.54) is 32.4 Å². The van der Waals surface area contributed by atoms with E-state index in [2.05, 4.69) is 17.1 Å². The number of rotatable bonds is 10. The van der Waals surface area contributed by atoms with Gasteiger partial charge in [0.25, 0.3) is 5.91 Å². The van der Waals surface area contributed by atoms with Crippen LogP contribution in [0.2, 0.25) is 0 Å². The average molecular weight is 375 g/mol. The zero-order valence-electron chi connectivity index (χ0n) is 16.8. The molecule has 0 aromatic heterocycles. The van der Waals surface area contributed by atoms with E-state index in [0.29, 0.717) is 19.1 Å². The quantitative estimate of drug-likeness (QED) is 0.670. The largest absolute Gasteiger partial charge is 0.492 e. The monoisotopic (exact) mass is 374 g/mol. The number of benzene rings is 1. The highest BCUT2D eigenvalue weighted by atomic mass is 16.5. The predicted molar refractivity (Wildman–Crippen MR) is 108 cm³/mol. The Morgan fingerprint density at radius 3 is 2.48 bits per heavy atom. The fourth-order valence-corrected chi connectivity index (χ4v) is 3.68. The van der Waals surface area contributed by atoms with Crippen molar-refractivity contribution in [3.8, 4) is 5.75 Å². The molecule has 27 heavy (non-hydrogen) atoms. The molecule has 5 heteroatoms. The van der Waals surface area contributed by atoms with E-state index < -0.39 is 5.60 Å². The number of hydrogen-bond donors (Lipinski definition) is 1. The SMILES string of the molecule is CCCO[C@](C)(C(=O)Nc1ccc(OCCN2CCCCC2)cc1)C1CC1. The van der Waals surface area contributed by atoms with Gasteiger partial charge < -0.3 is 14.8 Å². The molecular weight excluding hydrogens is 340 g/mol. The summed E-state index contributed by atoms with van der Waals surface area (Å²) in [7, 11) is 0. The lowest BCUT2D eigenvalue weighted by Crippen LogP contribution is -2.45. The van der Waals surface area contributed by atoms with Gasteiger partial charge in [-0.1, -0.05) is 13.3 Å². The fraction of sp³-hybridized carbons (Fsp3) is 0.682. The van der Waals surface area contributed by atoms with Crippen molar-refractivity contribution >= 4 is 11.6 Å². The lowest BCUT2D eigenvalue weighted by molar-refractivity contribution is -0.142. The first kappa shape index (κ1) is 20.2. The number of likely N-dealkylation sites (tertiary alicyclic amines) is 1. The Labute approximate surface area is 163 Å². The average Bonchev–Trinajstić information content (AvgIpc) is 3.54. The molecule has 1 N–H and O–H groups in total. The minimum absolute atomic E-state index is 0.0442. The van der Waals surface area contributed by atoms with Crippen LogP contribution in [-0.4, -0.2) is 49.3 Å². The van der Waals surface area contributed by atoms with Crippen LogP contribution in [0.15, 0.2) is 24.3 Å². The number of amides is 1. The number of anilines is 1. The summed E-state index contributed by atoms with van der Waals surface area (Å²) in [6.45, 7) is 8.67. The fourth-order valence-electron chi connectivity index (χ4n) is 3.68. The maximum atomic E-state index is 12.8. The molecule has 5 nitrogen and oxygen atoms in total. The predicted octanol–water partition coefficient (Wildman–Crippen LogP) is 4.09. The van der Waals surface area contributed by atoms with E-state index in [9.17, 15) is 4.79 Å². The number of hydrogen-bond acceptors (Lipinski definition) is 4. The summed E-state index contributed by atoms with van der Waals surface area (Å²) in [5.74, 6) is 1.14. The van der Waals surface area contributed by atoms with Crippen molar-refractivity contribution in [2.75, 3.05) is 38.2 Å². The van der Waals surface area contributed by atoms with Crippen LogP contribution < -0.4 is 10.1 Å². The minimum Gasteiger partial charge on any atom is -0.492 e. The zero-order chi connectivity index (χ0) is 19.1. The van der Waals surface area contributed by atoms with E-state index >= 15 is 0 Å². The van der Waals surface area contributed by atoms with E-state index in [1.807, 2.05) is 31.2 Å². The normalized spacial score (nSPS) is 20.1. The molecule has 0 unspecified atom stereocenters. The van der Waals surface area contributed by atoms with Crippen LogP contribution in [0.3, 0.4) is 0 Å². The Kier molecular flexibility index (Phi) is 7.13. The van der Waals surface area contributed by atoms with Gasteiger partial charge in [-0.15, -0.1) is 0 Å². The van der Waals surface area contributed by atoms with Crippen LogP contribution in [0.25, 0.3) is 0 Å². The van der Waals surface area contributed by atoms with Crippen LogP contribution in [0.1, 0.15) is 52.4 Å². The van der Waals surface area contributed by atoms with Crippen LogP contribution in [0, 0.1) is 5.92 Å². The van der Waals surface area contributed by atoms with Crippen molar-refractivity contribution in [2.45, 2.75) is 58.0 Å². The maximum Gasteiger partial charge on any atom is 0.256 e. The molecule has 0 bridgehead atoms. The second-order valence-corrected chi connectivity index (χ2v) is 7.96. The summed E-state index contributed by atoms with van der Waals surface area (Å²) >= 11 is 0. The standard InChI is InChI=1S/C22H34N2O3/c1-3-16-27-22(2,18-7-8-18)21(25)23-19-9-11-20(12-10-19)26-17-15-24-13-5-4-6-14-24/h9-12,18H,3-8,13-17H2,1-2H3,(H,23,25)/t22-/m0/s1. The van der Waals surface area contributed by atoms with E-state index in [-0.39, 0.29) is 5.91 Å². The van der Waals surface area contributed by atoms with Crippen LogP contribution >= 0.6 is 0 Å². The molecule has 1 saturated heterocycles. The summed E-state index contributed by atoms with van der Waals surface area (Å²) in [6.07, 6.45) is 7.01. The summed E-state index contributed by atoms with van der Waals surface area (Å²) in [6, 6.07) is 7.66. The first-order valence-electron chi connectivity index (χ1n) is 10.5. The van der Waals surface area contributed by atoms with Crippen molar-refractivity contribution in [1.82, 2.24) is 4.90 Å². The van der Waals surface area contributed by atoms with Crippen molar-refractivity contribution in [1.29, 1.82) is 0 Å². The Balaban J connectivity index is 1.47. The van der Waals surface area contributed by atoms with E-state index in [0.717, 1.165) is 37.2 Å². The Bertz CT molecular complexity index is 594. The van der Waals surface area contributed by atoms with Gasteiger partial charge in [-0.3, -0.25) is 9.69 Å². The van der Waals surface area contributed by atoms with Gasteiger partial charge >= 0.3 is 0 Å². The highest BCUT2D eigenvalue weighted by Crippen LogP contribution is 2.42. The van der Waals surface area contributed by atoms with Gasteiger partial charge in [-0.25, -0.2) is 0 Å². The molecule has 1 heterocycles. The third kappa shape index (κ3) is 5.69. The lowest BCUT2D eigenvalue weighted by Gasteiger charge is -2.28. The third-order valence-electron chi connectivity index (χ3n) is 5.65. The molecular formula is C22H34N2O3. The molecule has 0 radical (unpaired) electrons. The highest BCUT2D eigenvalue weighted by Gasteiger charge is 2.48. The Morgan fingerprint density at radius 2 is 1.85 bits per heavy atom. The second-order valence-electron chi connectivity index (χ2n) is 7.96. The van der Waals surface area contributed by atoms with Gasteiger partial charge in [0, 0.05) is 18.8 Å². The number of carbonyl (C=O) groups excluding carboxylic acids is 1. The molecule has 2 fully saturated rings. The number of nitrogens with one attached hydrogen (secondary N) is 1. The molecule has 150 valence electrons. The first-order chi connectivity index (χ1) is 13.1. The molecule has 3 rings (SSSR count). The molecule has 1 saturated carbocycles. The van der Waals surface area contributed by atoms with Crippen LogP contribution in [0.4, 0.5) is 5.69 Å². The summed E-state index contributed by atoms with van der Waals surface area (Å²) in [5, 5.41) is 3.02. The Hall–Kier alpha value is -1.59. The van der Waals surface area contributed by atoms with E-state index in [1.54, 1.807) is 0 Å². The van der Waals surface area contributed by atoms with Gasteiger partial charge in [-0.05, 0) is 82.3 Å². The molecule has 1 aliphatic carbocycles. The van der Waals surface area contributed by atoms with E-state index in [4.69, 9.17) is 9.47 Å². The Morgan fingerprint density at radius 1 is 1.15 bits per heavy atom. The minimum atomic E-state index is -0.723. The molecule has 2 aliphatic rings. The first-order valence-corrected chi connectivity index (χ1v) is 10.5. The summed E-state index contributed by atoms with van der Waals surface area (Å²) in [4.78, 5) is 15.2. The number of ether oxygens (including phenoxy) is 2. The second kappa shape index (κ2) is 9.56. The zero-order valence-corrected chi connectivity index (χ0v) is 16.8. The number of carbonyl (C=O) groups is 1. The molecule has 1 aliphatic heterocycles. The molecule has 1 aromatic rings. The van der Waals surface area contributed by atoms with Crippen LogP contribution in [-0.2, 0) is 9.53 Å². The van der Waals surface area contributed by atoms with Gasteiger partial charge in [-0.2, -0.15) is 0 Å². The van der Waals surface area contributed by atoms with Crippen molar-refractivity contribution in [2.24, 2.45) is 5.92 Å². The van der Waals surface area contributed by atoms with Gasteiger partial charge in [0.15, 0.2) is 0 Å². The van der Waals surface area contributed by atoms with Gasteiger partial charge in [0.1, 0.15) is 18.0 Å². The molecule has 1 aromatic carbocycles. The van der Waals surface area contributed by atoms with Gasteiger partial charge in [0.2, 0.25) is 0 Å². The van der Waals surface area contributed by atoms with Crippen molar-refractivity contribution < 1.29 is 14.3 Å².